The Morgan fingerprint density at radius 1 is 0.808 bits per heavy atom. The van der Waals surface area contributed by atoms with Crippen molar-refractivity contribution in [3.8, 4) is 5.75 Å². The quantitative estimate of drug-likeness (QED) is 0.232. The standard InChI is InChI=1S/C38H47N7O7/c1-52-34-22-32(29(25-2-3-25)21-33(34)45(50)51)43-18-16-42(17-19-43)26-10-12-40(13-11-26)23-24-8-14-41(15-9-24)27-4-5-28-30(20-27)38(49)44(37(28)48)31-6-7-35(46)39-36(31)47/h4-5,20-22,24-26,31H,2-3,6-19,23H2,1H3,(H,39,46,47). The van der Waals surface area contributed by atoms with Crippen molar-refractivity contribution in [3.63, 3.8) is 0 Å². The van der Waals surface area contributed by atoms with Gasteiger partial charge in [-0.05, 0) is 93.6 Å². The molecule has 2 aromatic rings. The van der Waals surface area contributed by atoms with Crippen molar-refractivity contribution in [3.05, 3.63) is 57.1 Å². The molecular weight excluding hydrogens is 666 g/mol. The number of hydrogen-bond acceptors (Lipinski definition) is 11. The molecular formula is C38H47N7O7. The van der Waals surface area contributed by atoms with Crippen LogP contribution in [0.5, 0.6) is 5.75 Å². The topological polar surface area (TPSA) is 149 Å². The van der Waals surface area contributed by atoms with E-state index in [1.54, 1.807) is 18.2 Å². The number of nitrogens with zero attached hydrogens (tertiary/aromatic N) is 6. The molecule has 0 aromatic heterocycles. The third-order valence-corrected chi connectivity index (χ3v) is 12.2. The maximum Gasteiger partial charge on any atom is 0.311 e. The maximum absolute atomic E-state index is 13.3. The van der Waals surface area contributed by atoms with Gasteiger partial charge in [-0.15, -0.1) is 0 Å². The Kier molecular flexibility index (Phi) is 9.37. The van der Waals surface area contributed by atoms with Crippen molar-refractivity contribution in [2.75, 3.05) is 75.8 Å². The van der Waals surface area contributed by atoms with Gasteiger partial charge in [0, 0.05) is 81.8 Å². The van der Waals surface area contributed by atoms with Gasteiger partial charge in [-0.3, -0.25) is 44.4 Å². The number of ether oxygens (including phenoxy) is 1. The molecule has 5 aliphatic heterocycles. The zero-order chi connectivity index (χ0) is 36.1. The second-order valence-electron chi connectivity index (χ2n) is 15.3. The van der Waals surface area contributed by atoms with E-state index in [1.807, 2.05) is 12.1 Å². The van der Waals surface area contributed by atoms with E-state index in [9.17, 15) is 29.3 Å². The second-order valence-corrected chi connectivity index (χ2v) is 15.3. The van der Waals surface area contributed by atoms with Crippen LogP contribution in [0.2, 0.25) is 0 Å². The Balaban J connectivity index is 0.800. The summed E-state index contributed by atoms with van der Waals surface area (Å²) in [6.07, 6.45) is 6.87. The van der Waals surface area contributed by atoms with Crippen molar-refractivity contribution in [2.45, 2.75) is 69.4 Å². The van der Waals surface area contributed by atoms with Gasteiger partial charge in [0.1, 0.15) is 6.04 Å². The molecule has 14 heteroatoms. The Hall–Kier alpha value is -4.56. The molecule has 276 valence electrons. The number of hydrogen-bond donors (Lipinski definition) is 1. The lowest BCUT2D eigenvalue weighted by Gasteiger charge is -2.44. The second kappa shape index (κ2) is 14.1. The minimum absolute atomic E-state index is 0.0567. The molecule has 1 unspecified atom stereocenters. The lowest BCUT2D eigenvalue weighted by atomic mass is 9.93. The number of amides is 4. The molecule has 1 aliphatic carbocycles. The first-order valence-electron chi connectivity index (χ1n) is 18.9. The largest absolute Gasteiger partial charge is 0.490 e. The molecule has 5 heterocycles. The number of likely N-dealkylation sites (tertiary alicyclic amines) is 1. The number of piperidine rings is 3. The van der Waals surface area contributed by atoms with E-state index in [0.29, 0.717) is 34.8 Å². The van der Waals surface area contributed by atoms with Crippen LogP contribution in [0.4, 0.5) is 17.1 Å². The first-order valence-corrected chi connectivity index (χ1v) is 18.9. The van der Waals surface area contributed by atoms with Crippen molar-refractivity contribution < 1.29 is 28.8 Å². The van der Waals surface area contributed by atoms with Gasteiger partial charge >= 0.3 is 5.69 Å². The van der Waals surface area contributed by atoms with E-state index in [1.165, 1.54) is 7.11 Å². The molecule has 0 bridgehead atoms. The molecule has 0 spiro atoms. The van der Waals surface area contributed by atoms with E-state index in [0.717, 1.165) is 119 Å². The maximum atomic E-state index is 13.3. The van der Waals surface area contributed by atoms with Crippen LogP contribution in [-0.2, 0) is 9.59 Å². The highest BCUT2D eigenvalue weighted by Gasteiger charge is 2.45. The molecule has 4 saturated heterocycles. The molecule has 52 heavy (non-hydrogen) atoms. The number of rotatable bonds is 9. The van der Waals surface area contributed by atoms with Crippen LogP contribution in [0.25, 0.3) is 0 Å². The summed E-state index contributed by atoms with van der Waals surface area (Å²) in [5.41, 5.74) is 3.81. The summed E-state index contributed by atoms with van der Waals surface area (Å²) < 4.78 is 5.42. The van der Waals surface area contributed by atoms with Gasteiger partial charge in [0.05, 0.1) is 23.2 Å². The van der Waals surface area contributed by atoms with Gasteiger partial charge in [0.15, 0.2) is 5.75 Å². The summed E-state index contributed by atoms with van der Waals surface area (Å²) >= 11 is 0. The van der Waals surface area contributed by atoms with Crippen molar-refractivity contribution in [1.82, 2.24) is 20.0 Å². The van der Waals surface area contributed by atoms with Crippen molar-refractivity contribution in [1.29, 1.82) is 0 Å². The fourth-order valence-corrected chi connectivity index (χ4v) is 9.06. The summed E-state index contributed by atoms with van der Waals surface area (Å²) in [6, 6.07) is 8.65. The number of methoxy groups -OCH3 is 1. The number of carbonyl (C=O) groups is 4. The van der Waals surface area contributed by atoms with E-state index >= 15 is 0 Å². The van der Waals surface area contributed by atoms with E-state index < -0.39 is 23.8 Å². The lowest BCUT2D eigenvalue weighted by Crippen LogP contribution is -2.54. The van der Waals surface area contributed by atoms with Gasteiger partial charge < -0.3 is 19.4 Å². The SMILES string of the molecule is COc1cc(N2CCN(C3CCN(CC4CCN(c5ccc6c(c5)C(=O)N(C5CCC(=O)NC5=O)C6=O)CC4)CC3)CC2)c(C2CC2)cc1[N+](=O)[O-]. The van der Waals surface area contributed by atoms with Gasteiger partial charge in [-0.1, -0.05) is 0 Å². The minimum atomic E-state index is -0.959. The molecule has 5 fully saturated rings. The van der Waals surface area contributed by atoms with Gasteiger partial charge in [0.25, 0.3) is 11.8 Å². The van der Waals surface area contributed by atoms with Gasteiger partial charge in [0.2, 0.25) is 11.8 Å². The number of carbonyl (C=O) groups excluding carboxylic acids is 4. The molecule has 0 radical (unpaired) electrons. The van der Waals surface area contributed by atoms with Gasteiger partial charge in [-0.25, -0.2) is 0 Å². The molecule has 6 aliphatic rings. The predicted octanol–water partition coefficient (Wildman–Crippen LogP) is 3.39. The van der Waals surface area contributed by atoms with Crippen molar-refractivity contribution >= 4 is 40.7 Å². The highest BCUT2D eigenvalue weighted by Crippen LogP contribution is 2.48. The average molecular weight is 714 g/mol. The van der Waals surface area contributed by atoms with Crippen LogP contribution in [0, 0.1) is 16.0 Å². The van der Waals surface area contributed by atoms with Crippen LogP contribution in [0.3, 0.4) is 0 Å². The Bertz CT molecular complexity index is 1770. The zero-order valence-electron chi connectivity index (χ0n) is 29.8. The Morgan fingerprint density at radius 3 is 2.17 bits per heavy atom. The molecule has 1 atom stereocenters. The highest BCUT2D eigenvalue weighted by atomic mass is 16.6. The monoisotopic (exact) mass is 713 g/mol. The predicted molar refractivity (Wildman–Crippen MR) is 193 cm³/mol. The number of fused-ring (bicyclic) bond motifs is 1. The van der Waals surface area contributed by atoms with Crippen LogP contribution < -0.4 is 19.9 Å². The smallest absolute Gasteiger partial charge is 0.311 e. The normalized spacial score (nSPS) is 24.0. The van der Waals surface area contributed by atoms with E-state index in [-0.39, 0.29) is 29.4 Å². The lowest BCUT2D eigenvalue weighted by molar-refractivity contribution is -0.385. The Labute approximate surface area is 303 Å². The first-order chi connectivity index (χ1) is 25.2. The number of anilines is 2. The summed E-state index contributed by atoms with van der Waals surface area (Å²) in [5, 5.41) is 13.9. The molecule has 2 aromatic carbocycles. The summed E-state index contributed by atoms with van der Waals surface area (Å²) in [4.78, 5) is 72.7. The zero-order valence-corrected chi connectivity index (χ0v) is 29.8. The number of nitro benzene ring substituents is 1. The number of piperazine rings is 1. The first kappa shape index (κ1) is 34.5. The fourth-order valence-electron chi connectivity index (χ4n) is 9.06. The van der Waals surface area contributed by atoms with Crippen LogP contribution in [0.1, 0.15) is 83.6 Å². The summed E-state index contributed by atoms with van der Waals surface area (Å²) in [7, 11) is 1.50. The molecule has 8 rings (SSSR count). The third-order valence-electron chi connectivity index (χ3n) is 12.2. The van der Waals surface area contributed by atoms with E-state index in [2.05, 4.69) is 24.9 Å². The Morgan fingerprint density at radius 2 is 1.52 bits per heavy atom. The number of imide groups is 2. The molecule has 1 saturated carbocycles. The van der Waals surface area contributed by atoms with Crippen LogP contribution in [0.15, 0.2) is 30.3 Å². The summed E-state index contributed by atoms with van der Waals surface area (Å²) in [5.74, 6) is -0.572. The molecule has 14 nitrogen and oxygen atoms in total. The number of nitro groups is 1. The van der Waals surface area contributed by atoms with Gasteiger partial charge in [-0.2, -0.15) is 0 Å². The van der Waals surface area contributed by atoms with Crippen LogP contribution >= 0.6 is 0 Å². The van der Waals surface area contributed by atoms with E-state index in [4.69, 9.17) is 4.74 Å². The highest BCUT2D eigenvalue weighted by molar-refractivity contribution is 6.23. The average Bonchev–Trinajstić information content (AvgIpc) is 3.98. The number of benzene rings is 2. The summed E-state index contributed by atoms with van der Waals surface area (Å²) in [6.45, 7) is 8.85. The molecule has 4 amide bonds. The number of nitrogens with one attached hydrogen (secondary N) is 1. The fraction of sp³-hybridized carbons (Fsp3) is 0.579. The third kappa shape index (κ3) is 6.62. The molecule has 1 N–H and O–H groups in total. The van der Waals surface area contributed by atoms with Crippen LogP contribution in [-0.4, -0.2) is 121 Å². The van der Waals surface area contributed by atoms with Crippen molar-refractivity contribution in [2.24, 2.45) is 5.92 Å². The minimum Gasteiger partial charge on any atom is -0.490 e.